The summed E-state index contributed by atoms with van der Waals surface area (Å²) in [4.78, 5) is 0. The predicted molar refractivity (Wildman–Crippen MR) is 55.3 cm³/mol. The van der Waals surface area contributed by atoms with Gasteiger partial charge in [0.1, 0.15) is 4.49 Å². The van der Waals surface area contributed by atoms with Crippen LogP contribution in [0.3, 0.4) is 0 Å². The molecular weight excluding hydrogens is 191 g/mol. The highest BCUT2D eigenvalue weighted by molar-refractivity contribution is 6.56. The lowest BCUT2D eigenvalue weighted by Crippen LogP contribution is -1.66. The number of halogens is 2. The molecule has 0 nitrogen and oxygen atoms in total. The first kappa shape index (κ1) is 9.37. The molecule has 1 rings (SSSR count). The quantitative estimate of drug-likeness (QED) is 0.631. The van der Waals surface area contributed by atoms with Crippen LogP contribution >= 0.6 is 23.2 Å². The summed E-state index contributed by atoms with van der Waals surface area (Å²) in [6.07, 6.45) is 5.38. The molecule has 0 aliphatic rings. The van der Waals surface area contributed by atoms with Gasteiger partial charge in [-0.05, 0) is 11.6 Å². The zero-order valence-electron chi connectivity index (χ0n) is 6.37. The lowest BCUT2D eigenvalue weighted by Gasteiger charge is -1.88. The maximum atomic E-state index is 5.42. The van der Waals surface area contributed by atoms with Gasteiger partial charge in [0.2, 0.25) is 0 Å². The molecule has 0 unspecified atom stereocenters. The Balaban J connectivity index is 2.64. The highest BCUT2D eigenvalue weighted by Gasteiger charge is 1.81. The van der Waals surface area contributed by atoms with Crippen molar-refractivity contribution in [2.24, 2.45) is 0 Å². The van der Waals surface area contributed by atoms with Crippen molar-refractivity contribution >= 4 is 29.3 Å². The molecule has 0 saturated heterocycles. The normalized spacial score (nSPS) is 10.2. The monoisotopic (exact) mass is 198 g/mol. The number of hydrogen-bond donors (Lipinski definition) is 0. The molecule has 0 heterocycles. The van der Waals surface area contributed by atoms with E-state index in [-0.39, 0.29) is 4.49 Å². The number of hydrogen-bond acceptors (Lipinski definition) is 0. The van der Waals surface area contributed by atoms with Crippen LogP contribution < -0.4 is 0 Å². The van der Waals surface area contributed by atoms with E-state index in [1.807, 2.05) is 42.5 Å². The largest absolute Gasteiger partial charge is 0.106 e. The van der Waals surface area contributed by atoms with Gasteiger partial charge < -0.3 is 0 Å². The fourth-order valence-electron chi connectivity index (χ4n) is 0.796. The van der Waals surface area contributed by atoms with Crippen molar-refractivity contribution in [3.63, 3.8) is 0 Å². The smallest absolute Gasteiger partial charge is 0.0709 e. The van der Waals surface area contributed by atoms with Crippen molar-refractivity contribution in [3.8, 4) is 0 Å². The van der Waals surface area contributed by atoms with Crippen LogP contribution in [0.4, 0.5) is 0 Å². The minimum absolute atomic E-state index is 0.266. The molecule has 0 bridgehead atoms. The molecule has 0 fully saturated rings. The van der Waals surface area contributed by atoms with Gasteiger partial charge in [0, 0.05) is 0 Å². The van der Waals surface area contributed by atoms with Crippen molar-refractivity contribution in [2.45, 2.75) is 0 Å². The minimum Gasteiger partial charge on any atom is -0.0709 e. The molecular formula is C10H8Cl2. The summed E-state index contributed by atoms with van der Waals surface area (Å²) in [6, 6.07) is 9.94. The van der Waals surface area contributed by atoms with Gasteiger partial charge in [-0.25, -0.2) is 0 Å². The van der Waals surface area contributed by atoms with E-state index in [0.29, 0.717) is 0 Å². The van der Waals surface area contributed by atoms with E-state index in [9.17, 15) is 0 Å². The van der Waals surface area contributed by atoms with Crippen LogP contribution in [-0.4, -0.2) is 0 Å². The second kappa shape index (κ2) is 5.02. The molecule has 0 saturated carbocycles. The third-order valence-corrected chi connectivity index (χ3v) is 1.56. The first-order valence-electron chi connectivity index (χ1n) is 3.53. The SMILES string of the molecule is ClC(Cl)=C/C=C/c1ccccc1. The highest BCUT2D eigenvalue weighted by atomic mass is 35.5. The summed E-state index contributed by atoms with van der Waals surface area (Å²) in [7, 11) is 0. The molecule has 0 aromatic heterocycles. The van der Waals surface area contributed by atoms with Crippen molar-refractivity contribution in [2.75, 3.05) is 0 Å². The number of benzene rings is 1. The summed E-state index contributed by atoms with van der Waals surface area (Å²) in [5.74, 6) is 0. The first-order chi connectivity index (χ1) is 5.79. The maximum Gasteiger partial charge on any atom is 0.106 e. The van der Waals surface area contributed by atoms with Gasteiger partial charge in [-0.1, -0.05) is 65.7 Å². The molecule has 0 atom stereocenters. The van der Waals surface area contributed by atoms with Crippen LogP contribution in [0.15, 0.2) is 47.0 Å². The van der Waals surface area contributed by atoms with E-state index >= 15 is 0 Å². The van der Waals surface area contributed by atoms with Crippen LogP contribution in [0.25, 0.3) is 6.08 Å². The van der Waals surface area contributed by atoms with E-state index < -0.39 is 0 Å². The van der Waals surface area contributed by atoms with Crippen molar-refractivity contribution in [1.29, 1.82) is 0 Å². The molecule has 0 aliphatic heterocycles. The minimum atomic E-state index is 0.266. The standard InChI is InChI=1S/C10H8Cl2/c11-10(12)8-4-7-9-5-2-1-3-6-9/h1-8H/b7-4+. The van der Waals surface area contributed by atoms with Gasteiger partial charge >= 0.3 is 0 Å². The van der Waals surface area contributed by atoms with Crippen LogP contribution in [0.1, 0.15) is 5.56 Å². The average molecular weight is 199 g/mol. The Morgan fingerprint density at radius 1 is 1.08 bits per heavy atom. The topological polar surface area (TPSA) is 0 Å². The molecule has 0 radical (unpaired) electrons. The molecule has 0 N–H and O–H groups in total. The zero-order valence-corrected chi connectivity index (χ0v) is 7.89. The fourth-order valence-corrected chi connectivity index (χ4v) is 0.942. The Kier molecular flexibility index (Phi) is 3.92. The second-order valence-corrected chi connectivity index (χ2v) is 3.23. The molecule has 0 aliphatic carbocycles. The van der Waals surface area contributed by atoms with Gasteiger partial charge in [0.05, 0.1) is 0 Å². The molecule has 2 heteroatoms. The van der Waals surface area contributed by atoms with Gasteiger partial charge in [-0.3, -0.25) is 0 Å². The van der Waals surface area contributed by atoms with Gasteiger partial charge in [0.25, 0.3) is 0 Å². The zero-order chi connectivity index (χ0) is 8.81. The third-order valence-electron chi connectivity index (χ3n) is 1.31. The molecule has 0 spiro atoms. The van der Waals surface area contributed by atoms with Crippen LogP contribution in [0.5, 0.6) is 0 Å². The molecule has 1 aromatic carbocycles. The fraction of sp³-hybridized carbons (Fsp3) is 0. The van der Waals surface area contributed by atoms with Crippen LogP contribution in [0, 0.1) is 0 Å². The van der Waals surface area contributed by atoms with E-state index in [0.717, 1.165) is 5.56 Å². The predicted octanol–water partition coefficient (Wildman–Crippen LogP) is 4.02. The van der Waals surface area contributed by atoms with Crippen LogP contribution in [0.2, 0.25) is 0 Å². The van der Waals surface area contributed by atoms with Gasteiger partial charge in [-0.15, -0.1) is 0 Å². The Labute approximate surface area is 82.1 Å². The Morgan fingerprint density at radius 2 is 1.75 bits per heavy atom. The van der Waals surface area contributed by atoms with E-state index in [1.165, 1.54) is 0 Å². The Morgan fingerprint density at radius 3 is 2.33 bits per heavy atom. The summed E-state index contributed by atoms with van der Waals surface area (Å²) in [6.45, 7) is 0. The van der Waals surface area contributed by atoms with Crippen LogP contribution in [-0.2, 0) is 0 Å². The summed E-state index contributed by atoms with van der Waals surface area (Å²) in [5.41, 5.74) is 1.13. The van der Waals surface area contributed by atoms with E-state index in [1.54, 1.807) is 6.08 Å². The van der Waals surface area contributed by atoms with Crippen molar-refractivity contribution < 1.29 is 0 Å². The summed E-state index contributed by atoms with van der Waals surface area (Å²) >= 11 is 10.8. The van der Waals surface area contributed by atoms with Gasteiger partial charge in [-0.2, -0.15) is 0 Å². The van der Waals surface area contributed by atoms with E-state index in [2.05, 4.69) is 0 Å². The van der Waals surface area contributed by atoms with Crippen molar-refractivity contribution in [1.82, 2.24) is 0 Å². The molecule has 0 amide bonds. The lowest BCUT2D eigenvalue weighted by molar-refractivity contribution is 1.66. The first-order valence-corrected chi connectivity index (χ1v) is 4.29. The summed E-state index contributed by atoms with van der Waals surface area (Å²) < 4.78 is 0.266. The number of allylic oxidation sites excluding steroid dienone is 2. The highest BCUT2D eigenvalue weighted by Crippen LogP contribution is 2.07. The Bertz CT molecular complexity index is 282. The van der Waals surface area contributed by atoms with E-state index in [4.69, 9.17) is 23.2 Å². The average Bonchev–Trinajstić information content (AvgIpc) is 2.05. The Hall–Kier alpha value is -0.720. The summed E-state index contributed by atoms with van der Waals surface area (Å²) in [5, 5.41) is 0. The third kappa shape index (κ3) is 3.61. The molecule has 1 aromatic rings. The maximum absolute atomic E-state index is 5.42. The number of rotatable bonds is 2. The van der Waals surface area contributed by atoms with Crippen molar-refractivity contribution in [3.05, 3.63) is 52.5 Å². The van der Waals surface area contributed by atoms with Gasteiger partial charge in [0.15, 0.2) is 0 Å². The molecule has 62 valence electrons. The second-order valence-electron chi connectivity index (χ2n) is 2.23. The molecule has 12 heavy (non-hydrogen) atoms. The lowest BCUT2D eigenvalue weighted by atomic mass is 10.2.